The molecule has 0 aliphatic heterocycles. The molecule has 1 amide bonds. The molecule has 1 aromatic heterocycles. The predicted molar refractivity (Wildman–Crippen MR) is 97.7 cm³/mol. The van der Waals surface area contributed by atoms with Gasteiger partial charge in [0, 0.05) is 0 Å². The van der Waals surface area contributed by atoms with Crippen molar-refractivity contribution in [2.45, 2.75) is 39.7 Å². The zero-order valence-corrected chi connectivity index (χ0v) is 15.3. The highest BCUT2D eigenvalue weighted by Gasteiger charge is 2.26. The molecule has 0 saturated carbocycles. The van der Waals surface area contributed by atoms with Crippen LogP contribution in [0.25, 0.3) is 5.69 Å². The molecule has 2 N–H and O–H groups in total. The van der Waals surface area contributed by atoms with Gasteiger partial charge >= 0.3 is 5.97 Å². The summed E-state index contributed by atoms with van der Waals surface area (Å²) in [5.74, 6) is -1.15. The van der Waals surface area contributed by atoms with Crippen LogP contribution in [0.3, 0.4) is 0 Å². The van der Waals surface area contributed by atoms with Crippen molar-refractivity contribution in [1.82, 2.24) is 15.1 Å². The zero-order chi connectivity index (χ0) is 19.1. The number of nitrogens with zero attached hydrogens (tertiary/aromatic N) is 2. The third-order valence-electron chi connectivity index (χ3n) is 3.69. The van der Waals surface area contributed by atoms with Crippen molar-refractivity contribution in [1.29, 1.82) is 0 Å². The Morgan fingerprint density at radius 1 is 1.27 bits per heavy atom. The van der Waals surface area contributed by atoms with Gasteiger partial charge in [-0.05, 0) is 30.9 Å². The summed E-state index contributed by atoms with van der Waals surface area (Å²) in [6.45, 7) is 6.21. The van der Waals surface area contributed by atoms with Crippen LogP contribution in [-0.2, 0) is 4.79 Å². The van der Waals surface area contributed by atoms with Crippen LogP contribution in [-0.4, -0.2) is 39.4 Å². The van der Waals surface area contributed by atoms with E-state index in [1.54, 1.807) is 10.9 Å². The number of benzene rings is 1. The molecule has 0 fully saturated rings. The number of nitrogens with one attached hydrogen (secondary N) is 1. The fourth-order valence-corrected chi connectivity index (χ4v) is 2.47. The quantitative estimate of drug-likeness (QED) is 0.718. The molecule has 7 nitrogen and oxygen atoms in total. The van der Waals surface area contributed by atoms with Crippen LogP contribution >= 0.6 is 0 Å². The number of amides is 1. The van der Waals surface area contributed by atoms with Crippen LogP contribution in [0.5, 0.6) is 5.75 Å². The highest BCUT2D eigenvalue weighted by atomic mass is 16.5. The Balaban J connectivity index is 2.28. The van der Waals surface area contributed by atoms with Crippen LogP contribution in [0.1, 0.15) is 44.1 Å². The lowest BCUT2D eigenvalue weighted by atomic mass is 10.0. The van der Waals surface area contributed by atoms with Crippen molar-refractivity contribution < 1.29 is 19.4 Å². The Morgan fingerprint density at radius 3 is 2.54 bits per heavy atom. The molecule has 0 saturated heterocycles. The summed E-state index contributed by atoms with van der Waals surface area (Å²) in [5, 5.41) is 16.2. The molecule has 0 bridgehead atoms. The number of carbonyl (C=O) groups excluding carboxylic acids is 1. The Bertz CT molecular complexity index is 740. The van der Waals surface area contributed by atoms with Gasteiger partial charge in [-0.1, -0.05) is 39.0 Å². The molecule has 26 heavy (non-hydrogen) atoms. The SMILES string of the molecule is CCCOc1cn(-c2ccccc2)nc1C(=O)NC(CC(C)C)C(=O)O. The number of carboxylic acid groups (broad SMARTS) is 1. The van der Waals surface area contributed by atoms with E-state index in [0.29, 0.717) is 18.8 Å². The minimum atomic E-state index is -1.06. The van der Waals surface area contributed by atoms with Gasteiger partial charge in [-0.2, -0.15) is 5.10 Å². The third kappa shape index (κ3) is 5.08. The van der Waals surface area contributed by atoms with Crippen molar-refractivity contribution in [3.8, 4) is 11.4 Å². The van der Waals surface area contributed by atoms with Gasteiger partial charge in [-0.15, -0.1) is 0 Å². The van der Waals surface area contributed by atoms with E-state index in [9.17, 15) is 14.7 Å². The molecule has 140 valence electrons. The van der Waals surface area contributed by atoms with Gasteiger partial charge in [0.05, 0.1) is 18.5 Å². The van der Waals surface area contributed by atoms with E-state index in [0.717, 1.165) is 12.1 Å². The van der Waals surface area contributed by atoms with Gasteiger partial charge in [0.1, 0.15) is 6.04 Å². The van der Waals surface area contributed by atoms with E-state index in [1.165, 1.54) is 0 Å². The van der Waals surface area contributed by atoms with Gasteiger partial charge in [0.25, 0.3) is 5.91 Å². The summed E-state index contributed by atoms with van der Waals surface area (Å²) in [5.41, 5.74) is 0.863. The summed E-state index contributed by atoms with van der Waals surface area (Å²) < 4.78 is 7.19. The maximum Gasteiger partial charge on any atom is 0.326 e. The maximum atomic E-state index is 12.6. The number of aromatic nitrogens is 2. The van der Waals surface area contributed by atoms with Gasteiger partial charge in [0.15, 0.2) is 11.4 Å². The maximum absolute atomic E-state index is 12.6. The molecule has 0 aliphatic rings. The van der Waals surface area contributed by atoms with Crippen LogP contribution in [0.15, 0.2) is 36.5 Å². The third-order valence-corrected chi connectivity index (χ3v) is 3.69. The molecule has 2 rings (SSSR count). The highest BCUT2D eigenvalue weighted by Crippen LogP contribution is 2.20. The number of carboxylic acids is 1. The van der Waals surface area contributed by atoms with Crippen LogP contribution in [0, 0.1) is 5.92 Å². The zero-order valence-electron chi connectivity index (χ0n) is 15.3. The number of aliphatic carboxylic acids is 1. The largest absolute Gasteiger partial charge is 0.489 e. The predicted octanol–water partition coefficient (Wildman–Crippen LogP) is 2.89. The van der Waals surface area contributed by atoms with E-state index in [2.05, 4.69) is 10.4 Å². The lowest BCUT2D eigenvalue weighted by Crippen LogP contribution is -2.42. The Kier molecular flexibility index (Phi) is 6.77. The molecule has 1 heterocycles. The van der Waals surface area contributed by atoms with Gasteiger partial charge in [0.2, 0.25) is 0 Å². The summed E-state index contributed by atoms with van der Waals surface area (Å²) in [4.78, 5) is 24.1. The molecule has 1 atom stereocenters. The Morgan fingerprint density at radius 2 is 1.96 bits per heavy atom. The van der Waals surface area contributed by atoms with Crippen molar-refractivity contribution in [3.63, 3.8) is 0 Å². The fraction of sp³-hybridized carbons (Fsp3) is 0.421. The topological polar surface area (TPSA) is 93.5 Å². The minimum absolute atomic E-state index is 0.0808. The molecule has 0 spiro atoms. The number of hydrogen-bond acceptors (Lipinski definition) is 4. The fourth-order valence-electron chi connectivity index (χ4n) is 2.47. The smallest absolute Gasteiger partial charge is 0.326 e. The van der Waals surface area contributed by atoms with E-state index in [4.69, 9.17) is 4.74 Å². The van der Waals surface area contributed by atoms with Crippen molar-refractivity contribution >= 4 is 11.9 Å². The first-order valence-electron chi connectivity index (χ1n) is 8.74. The summed E-state index contributed by atoms with van der Waals surface area (Å²) >= 11 is 0. The number of para-hydroxylation sites is 1. The molecule has 0 radical (unpaired) electrons. The second-order valence-corrected chi connectivity index (χ2v) is 6.46. The first kappa shape index (κ1) is 19.5. The van der Waals surface area contributed by atoms with Crippen molar-refractivity contribution in [2.24, 2.45) is 5.92 Å². The molecule has 1 unspecified atom stereocenters. The molecular formula is C19H25N3O4. The normalized spacial score (nSPS) is 12.0. The molecule has 1 aromatic carbocycles. The van der Waals surface area contributed by atoms with Crippen LogP contribution < -0.4 is 10.1 Å². The molecular weight excluding hydrogens is 334 g/mol. The lowest BCUT2D eigenvalue weighted by molar-refractivity contribution is -0.139. The average molecular weight is 359 g/mol. The Hall–Kier alpha value is -2.83. The number of carbonyl (C=O) groups is 2. The standard InChI is InChI=1S/C19H25N3O4/c1-4-10-26-16-12-22(14-8-6-5-7-9-14)21-17(16)18(23)20-15(19(24)25)11-13(2)3/h5-9,12-13,15H,4,10-11H2,1-3H3,(H,20,23)(H,24,25). The number of ether oxygens (including phenoxy) is 1. The number of hydrogen-bond donors (Lipinski definition) is 2. The van der Waals surface area contributed by atoms with Gasteiger partial charge < -0.3 is 15.2 Å². The first-order valence-corrected chi connectivity index (χ1v) is 8.74. The Labute approximate surface area is 153 Å². The molecule has 7 heteroatoms. The van der Waals surface area contributed by atoms with Crippen molar-refractivity contribution in [2.75, 3.05) is 6.61 Å². The highest BCUT2D eigenvalue weighted by molar-refractivity contribution is 5.97. The van der Waals surface area contributed by atoms with Crippen LogP contribution in [0.4, 0.5) is 0 Å². The summed E-state index contributed by atoms with van der Waals surface area (Å²) in [6, 6.07) is 8.37. The second kappa shape index (κ2) is 9.03. The molecule has 2 aromatic rings. The monoisotopic (exact) mass is 359 g/mol. The number of rotatable bonds is 9. The van der Waals surface area contributed by atoms with E-state index in [1.807, 2.05) is 51.1 Å². The van der Waals surface area contributed by atoms with Crippen LogP contribution in [0.2, 0.25) is 0 Å². The first-order chi connectivity index (χ1) is 12.4. The van der Waals surface area contributed by atoms with E-state index in [-0.39, 0.29) is 11.6 Å². The van der Waals surface area contributed by atoms with Gasteiger partial charge in [-0.25, -0.2) is 9.48 Å². The van der Waals surface area contributed by atoms with E-state index < -0.39 is 17.9 Å². The average Bonchev–Trinajstić information content (AvgIpc) is 3.04. The second-order valence-electron chi connectivity index (χ2n) is 6.46. The summed E-state index contributed by atoms with van der Waals surface area (Å²) in [7, 11) is 0. The van der Waals surface area contributed by atoms with Crippen molar-refractivity contribution in [3.05, 3.63) is 42.2 Å². The minimum Gasteiger partial charge on any atom is -0.489 e. The van der Waals surface area contributed by atoms with Gasteiger partial charge in [-0.3, -0.25) is 4.79 Å². The molecule has 0 aliphatic carbocycles. The lowest BCUT2D eigenvalue weighted by Gasteiger charge is -2.16. The van der Waals surface area contributed by atoms with E-state index >= 15 is 0 Å². The summed E-state index contributed by atoms with van der Waals surface area (Å²) in [6.07, 6.45) is 2.76.